The zero-order chi connectivity index (χ0) is 23.9. The molecule has 0 aromatic heterocycles. The van der Waals surface area contributed by atoms with Crippen molar-refractivity contribution in [2.75, 3.05) is 13.2 Å². The van der Waals surface area contributed by atoms with Gasteiger partial charge in [-0.15, -0.1) is 0 Å². The van der Waals surface area contributed by atoms with Gasteiger partial charge in [-0.2, -0.15) is 20.5 Å². The smallest absolute Gasteiger partial charge is 0.304 e. The molecule has 0 fully saturated rings. The molecule has 0 aliphatic carbocycles. The summed E-state index contributed by atoms with van der Waals surface area (Å²) < 4.78 is 52.7. The molecular weight excluding hydrogens is 529 g/mol. The van der Waals surface area contributed by atoms with Crippen LogP contribution >= 0.6 is 35.3 Å². The third kappa shape index (κ3) is 6.34. The van der Waals surface area contributed by atoms with Crippen LogP contribution in [-0.4, -0.2) is 13.2 Å². The van der Waals surface area contributed by atoms with Crippen molar-refractivity contribution in [3.63, 3.8) is 0 Å². The van der Waals surface area contributed by atoms with Crippen LogP contribution in [0.4, 0.5) is 8.78 Å². The largest absolute Gasteiger partial charge is 0.404 e. The van der Waals surface area contributed by atoms with E-state index in [1.54, 1.807) is 23.9 Å². The molecule has 0 aliphatic heterocycles. The standard InChI is InChI=1S/C25H26BrF2O3PS/c1-3-30-32(29,31-4-2)25(27,28)23-15-12-20(16-24(23)26)18-33-17-19-10-13-22(14-11-19)21-8-6-5-7-9-21/h5-16H,3-4,17-18H2,1-2H3. The van der Waals surface area contributed by atoms with E-state index >= 15 is 8.78 Å². The van der Waals surface area contributed by atoms with Gasteiger partial charge in [0.25, 0.3) is 0 Å². The summed E-state index contributed by atoms with van der Waals surface area (Å²) >= 11 is 4.92. The fourth-order valence-electron chi connectivity index (χ4n) is 3.29. The number of hydrogen-bond donors (Lipinski definition) is 0. The molecule has 3 aromatic rings. The second kappa shape index (κ2) is 11.8. The van der Waals surface area contributed by atoms with Gasteiger partial charge in [0.15, 0.2) is 0 Å². The predicted molar refractivity (Wildman–Crippen MR) is 136 cm³/mol. The van der Waals surface area contributed by atoms with Gasteiger partial charge >= 0.3 is 13.3 Å². The van der Waals surface area contributed by atoms with E-state index in [4.69, 9.17) is 9.05 Å². The van der Waals surface area contributed by atoms with Crippen LogP contribution in [0.5, 0.6) is 0 Å². The highest BCUT2D eigenvalue weighted by molar-refractivity contribution is 9.10. The topological polar surface area (TPSA) is 35.5 Å². The fraction of sp³-hybridized carbons (Fsp3) is 0.280. The van der Waals surface area contributed by atoms with Gasteiger partial charge in [-0.05, 0) is 42.2 Å². The van der Waals surface area contributed by atoms with Gasteiger partial charge in [0.05, 0.1) is 13.2 Å². The minimum Gasteiger partial charge on any atom is -0.304 e. The van der Waals surface area contributed by atoms with Crippen LogP contribution in [0.2, 0.25) is 0 Å². The second-order valence-electron chi connectivity index (χ2n) is 7.24. The van der Waals surface area contributed by atoms with E-state index in [-0.39, 0.29) is 17.7 Å². The van der Waals surface area contributed by atoms with Gasteiger partial charge in [-0.3, -0.25) is 4.57 Å². The van der Waals surface area contributed by atoms with E-state index in [9.17, 15) is 4.57 Å². The van der Waals surface area contributed by atoms with Crippen LogP contribution < -0.4 is 0 Å². The van der Waals surface area contributed by atoms with E-state index in [1.165, 1.54) is 36.6 Å². The van der Waals surface area contributed by atoms with Crippen molar-refractivity contribution in [1.82, 2.24) is 0 Å². The quantitative estimate of drug-likeness (QED) is 0.222. The van der Waals surface area contributed by atoms with Crippen LogP contribution in [0, 0.1) is 0 Å². The summed E-state index contributed by atoms with van der Waals surface area (Å²) in [5.74, 6) is 1.45. The first kappa shape index (κ1) is 26.1. The monoisotopic (exact) mass is 554 g/mol. The Bertz CT molecular complexity index is 1080. The molecule has 0 radical (unpaired) electrons. The predicted octanol–water partition coefficient (Wildman–Crippen LogP) is 8.86. The third-order valence-corrected chi connectivity index (χ3v) is 8.75. The summed E-state index contributed by atoms with van der Waals surface area (Å²) in [6.45, 7) is 2.75. The zero-order valence-electron chi connectivity index (χ0n) is 18.5. The molecule has 0 saturated carbocycles. The third-order valence-electron chi connectivity index (χ3n) is 4.90. The highest BCUT2D eigenvalue weighted by Gasteiger charge is 2.55. The van der Waals surface area contributed by atoms with Crippen molar-refractivity contribution in [2.45, 2.75) is 31.0 Å². The molecule has 8 heteroatoms. The molecule has 0 bridgehead atoms. The average molecular weight is 555 g/mol. The number of hydrogen-bond acceptors (Lipinski definition) is 4. The van der Waals surface area contributed by atoms with E-state index < -0.39 is 18.8 Å². The Balaban J connectivity index is 1.64. The number of rotatable bonds is 11. The van der Waals surface area contributed by atoms with Crippen molar-refractivity contribution in [1.29, 1.82) is 0 Å². The highest BCUT2D eigenvalue weighted by atomic mass is 79.9. The molecule has 0 N–H and O–H groups in total. The van der Waals surface area contributed by atoms with E-state index in [0.717, 1.165) is 11.3 Å². The Morgan fingerprint density at radius 3 is 1.97 bits per heavy atom. The lowest BCUT2D eigenvalue weighted by Gasteiger charge is -2.26. The lowest BCUT2D eigenvalue weighted by atomic mass is 10.0. The molecule has 0 aliphatic rings. The maximum Gasteiger partial charge on any atom is 0.404 e. The van der Waals surface area contributed by atoms with Gasteiger partial charge in [0, 0.05) is 21.5 Å². The van der Waals surface area contributed by atoms with Crippen molar-refractivity contribution in [3.05, 3.63) is 94.0 Å². The van der Waals surface area contributed by atoms with E-state index in [2.05, 4.69) is 52.3 Å². The molecule has 3 nitrogen and oxygen atoms in total. The van der Waals surface area contributed by atoms with Crippen LogP contribution in [0.25, 0.3) is 11.1 Å². The Labute approximate surface area is 206 Å². The Kier molecular flexibility index (Phi) is 9.31. The highest BCUT2D eigenvalue weighted by Crippen LogP contribution is 2.67. The number of thioether (sulfide) groups is 1. The molecule has 0 spiro atoms. The van der Waals surface area contributed by atoms with Crippen LogP contribution in [0.1, 0.15) is 30.5 Å². The van der Waals surface area contributed by atoms with Gasteiger partial charge in [0.1, 0.15) is 0 Å². The molecule has 3 aromatic carbocycles. The Morgan fingerprint density at radius 2 is 1.39 bits per heavy atom. The van der Waals surface area contributed by atoms with Gasteiger partial charge in [-0.25, -0.2) is 0 Å². The molecule has 0 saturated heterocycles. The van der Waals surface area contributed by atoms with Crippen LogP contribution in [0.3, 0.4) is 0 Å². The lowest BCUT2D eigenvalue weighted by Crippen LogP contribution is -2.19. The second-order valence-corrected chi connectivity index (χ2v) is 11.2. The first-order valence-electron chi connectivity index (χ1n) is 10.6. The van der Waals surface area contributed by atoms with Gasteiger partial charge in [-0.1, -0.05) is 82.7 Å². The SMILES string of the molecule is CCOP(=O)(OCC)C(F)(F)c1ccc(CSCc2ccc(-c3ccccc3)cc2)cc1Br. The molecule has 0 unspecified atom stereocenters. The summed E-state index contributed by atoms with van der Waals surface area (Å²) in [5.41, 5.74) is 0.256. The summed E-state index contributed by atoms with van der Waals surface area (Å²) in [7, 11) is -4.64. The summed E-state index contributed by atoms with van der Waals surface area (Å²) in [6, 6.07) is 23.2. The first-order valence-corrected chi connectivity index (χ1v) is 14.1. The molecule has 0 amide bonds. The molecule has 3 rings (SSSR count). The zero-order valence-corrected chi connectivity index (χ0v) is 21.8. The van der Waals surface area contributed by atoms with E-state index in [0.29, 0.717) is 5.75 Å². The van der Waals surface area contributed by atoms with Crippen molar-refractivity contribution in [3.8, 4) is 11.1 Å². The summed E-state index contributed by atoms with van der Waals surface area (Å²) in [4.78, 5) is 0. The van der Waals surface area contributed by atoms with Gasteiger partial charge in [0.2, 0.25) is 0 Å². The van der Waals surface area contributed by atoms with Crippen LogP contribution in [0.15, 0.2) is 77.3 Å². The molecule has 0 atom stereocenters. The molecule has 0 heterocycles. The minimum atomic E-state index is -4.64. The summed E-state index contributed by atoms with van der Waals surface area (Å²) in [6.07, 6.45) is 0. The fourth-order valence-corrected chi connectivity index (χ4v) is 6.63. The van der Waals surface area contributed by atoms with E-state index in [1.807, 2.05) is 18.2 Å². The van der Waals surface area contributed by atoms with Gasteiger partial charge < -0.3 is 9.05 Å². The normalized spacial score (nSPS) is 12.2. The summed E-state index contributed by atoms with van der Waals surface area (Å²) in [5, 5.41) is 0. The van der Waals surface area contributed by atoms with Crippen molar-refractivity contribution in [2.24, 2.45) is 0 Å². The maximum absolute atomic E-state index is 15.1. The van der Waals surface area contributed by atoms with Crippen LogP contribution in [-0.2, 0) is 30.8 Å². The van der Waals surface area contributed by atoms with Crippen molar-refractivity contribution < 1.29 is 22.4 Å². The Hall–Kier alpha value is -1.50. The Morgan fingerprint density at radius 1 is 0.848 bits per heavy atom. The molecule has 33 heavy (non-hydrogen) atoms. The number of benzene rings is 3. The van der Waals surface area contributed by atoms with Crippen molar-refractivity contribution >= 4 is 35.3 Å². The maximum atomic E-state index is 15.1. The lowest BCUT2D eigenvalue weighted by molar-refractivity contribution is 0.0354. The minimum absolute atomic E-state index is 0.133. The number of alkyl halides is 2. The molecule has 176 valence electrons. The first-order chi connectivity index (χ1) is 15.8. The number of halogens is 3. The molecular formula is C25H26BrF2O3PS. The average Bonchev–Trinajstić information content (AvgIpc) is 2.80.